The molecule has 128 valence electrons. The lowest BCUT2D eigenvalue weighted by atomic mass is 9.84. The van der Waals surface area contributed by atoms with Crippen molar-refractivity contribution in [3.63, 3.8) is 0 Å². The Balaban J connectivity index is 1.58. The Kier molecular flexibility index (Phi) is 3.97. The van der Waals surface area contributed by atoms with Gasteiger partial charge in [-0.3, -0.25) is 9.78 Å². The monoisotopic (exact) mass is 336 g/mol. The molecule has 1 amide bonds. The van der Waals surface area contributed by atoms with Gasteiger partial charge in [-0.2, -0.15) is 0 Å². The first kappa shape index (κ1) is 15.8. The van der Waals surface area contributed by atoms with Crippen molar-refractivity contribution in [3.8, 4) is 11.5 Å². The van der Waals surface area contributed by atoms with E-state index in [4.69, 9.17) is 4.74 Å². The summed E-state index contributed by atoms with van der Waals surface area (Å²) in [6.45, 7) is 3.16. The number of rotatable bonds is 3. The third-order valence-electron chi connectivity index (χ3n) is 4.63. The van der Waals surface area contributed by atoms with Crippen LogP contribution in [0.1, 0.15) is 19.8 Å². The summed E-state index contributed by atoms with van der Waals surface area (Å²) in [5.74, 6) is 0.711. The number of nitrogens with one attached hydrogen (secondary N) is 2. The van der Waals surface area contributed by atoms with Gasteiger partial charge < -0.3 is 15.0 Å². The maximum absolute atomic E-state index is 12.6. The minimum Gasteiger partial charge on any atom is -0.380 e. The molecule has 0 aliphatic carbocycles. The number of hydrogen-bond donors (Lipinski definition) is 2. The number of benzene rings is 1. The summed E-state index contributed by atoms with van der Waals surface area (Å²) in [7, 11) is 0. The Hall–Kier alpha value is -2.73. The highest BCUT2D eigenvalue weighted by Gasteiger charge is 2.35. The van der Waals surface area contributed by atoms with E-state index in [9.17, 15) is 4.79 Å². The molecule has 1 aliphatic rings. The summed E-state index contributed by atoms with van der Waals surface area (Å²) in [5, 5.41) is 3.01. The first-order valence-electron chi connectivity index (χ1n) is 8.44. The van der Waals surface area contributed by atoms with E-state index in [1.54, 1.807) is 6.20 Å². The molecule has 4 rings (SSSR count). The van der Waals surface area contributed by atoms with Crippen LogP contribution in [0.3, 0.4) is 0 Å². The second-order valence-corrected chi connectivity index (χ2v) is 6.70. The van der Waals surface area contributed by atoms with Crippen LogP contribution in [0.4, 0.5) is 5.69 Å². The molecule has 3 heterocycles. The van der Waals surface area contributed by atoms with E-state index in [1.807, 2.05) is 43.3 Å². The molecule has 1 aromatic carbocycles. The SMILES string of the molecule is CC1(C(=O)Nc2ccc3nc(-c4ccccn4)[nH]c3c2)CCCOC1. The molecule has 0 spiro atoms. The molecule has 6 heteroatoms. The second kappa shape index (κ2) is 6.29. The Morgan fingerprint density at radius 2 is 2.24 bits per heavy atom. The molecule has 1 saturated heterocycles. The molecule has 0 saturated carbocycles. The number of imidazole rings is 1. The van der Waals surface area contributed by atoms with E-state index in [1.165, 1.54) is 0 Å². The lowest BCUT2D eigenvalue weighted by Crippen LogP contribution is -2.40. The highest BCUT2D eigenvalue weighted by atomic mass is 16.5. The predicted octanol–water partition coefficient (Wildman–Crippen LogP) is 3.38. The molecular weight excluding hydrogens is 316 g/mol. The first-order valence-corrected chi connectivity index (χ1v) is 8.44. The van der Waals surface area contributed by atoms with E-state index in [0.29, 0.717) is 12.4 Å². The number of ether oxygens (including phenoxy) is 1. The molecule has 25 heavy (non-hydrogen) atoms. The summed E-state index contributed by atoms with van der Waals surface area (Å²) < 4.78 is 5.48. The Morgan fingerprint density at radius 1 is 1.32 bits per heavy atom. The zero-order valence-corrected chi connectivity index (χ0v) is 14.1. The Bertz CT molecular complexity index is 898. The lowest BCUT2D eigenvalue weighted by Gasteiger charge is -2.31. The number of amides is 1. The van der Waals surface area contributed by atoms with Crippen molar-refractivity contribution in [2.75, 3.05) is 18.5 Å². The summed E-state index contributed by atoms with van der Waals surface area (Å²) in [5.41, 5.74) is 2.77. The van der Waals surface area contributed by atoms with Crippen LogP contribution in [-0.2, 0) is 9.53 Å². The van der Waals surface area contributed by atoms with Crippen molar-refractivity contribution in [3.05, 3.63) is 42.6 Å². The van der Waals surface area contributed by atoms with Gasteiger partial charge in [0, 0.05) is 18.5 Å². The molecule has 1 fully saturated rings. The maximum Gasteiger partial charge on any atom is 0.232 e. The van der Waals surface area contributed by atoms with Gasteiger partial charge in [-0.25, -0.2) is 4.98 Å². The summed E-state index contributed by atoms with van der Waals surface area (Å²) in [6, 6.07) is 11.4. The van der Waals surface area contributed by atoms with Crippen molar-refractivity contribution in [1.82, 2.24) is 15.0 Å². The normalized spacial score (nSPS) is 20.5. The minimum absolute atomic E-state index is 0.00369. The molecule has 6 nitrogen and oxygen atoms in total. The van der Waals surface area contributed by atoms with Crippen molar-refractivity contribution in [2.24, 2.45) is 5.41 Å². The smallest absolute Gasteiger partial charge is 0.232 e. The van der Waals surface area contributed by atoms with Crippen LogP contribution >= 0.6 is 0 Å². The number of fused-ring (bicyclic) bond motifs is 1. The van der Waals surface area contributed by atoms with Crippen LogP contribution < -0.4 is 5.32 Å². The van der Waals surface area contributed by atoms with E-state index < -0.39 is 5.41 Å². The second-order valence-electron chi connectivity index (χ2n) is 6.70. The molecule has 3 aromatic rings. The number of anilines is 1. The number of aromatic nitrogens is 3. The van der Waals surface area contributed by atoms with Gasteiger partial charge in [0.15, 0.2) is 5.82 Å². The summed E-state index contributed by atoms with van der Waals surface area (Å²) in [6.07, 6.45) is 3.49. The molecule has 1 aliphatic heterocycles. The highest BCUT2D eigenvalue weighted by molar-refractivity contribution is 5.97. The van der Waals surface area contributed by atoms with Gasteiger partial charge >= 0.3 is 0 Å². The van der Waals surface area contributed by atoms with E-state index >= 15 is 0 Å². The van der Waals surface area contributed by atoms with E-state index in [0.717, 1.165) is 41.9 Å². The van der Waals surface area contributed by atoms with Crippen molar-refractivity contribution < 1.29 is 9.53 Å². The van der Waals surface area contributed by atoms with E-state index in [-0.39, 0.29) is 5.91 Å². The van der Waals surface area contributed by atoms with Crippen LogP contribution in [0.5, 0.6) is 0 Å². The van der Waals surface area contributed by atoms with Crippen molar-refractivity contribution >= 4 is 22.6 Å². The third kappa shape index (κ3) is 3.13. The lowest BCUT2D eigenvalue weighted by molar-refractivity contribution is -0.131. The van der Waals surface area contributed by atoms with Gasteiger partial charge in [0.05, 0.1) is 23.1 Å². The highest BCUT2D eigenvalue weighted by Crippen LogP contribution is 2.30. The van der Waals surface area contributed by atoms with E-state index in [2.05, 4.69) is 20.3 Å². The number of pyridine rings is 1. The average Bonchev–Trinajstić information content (AvgIpc) is 3.06. The molecule has 2 N–H and O–H groups in total. The number of nitrogens with zero attached hydrogens (tertiary/aromatic N) is 2. The number of H-pyrrole nitrogens is 1. The number of hydrogen-bond acceptors (Lipinski definition) is 4. The Labute approximate surface area is 145 Å². The molecular formula is C19H20N4O2. The maximum atomic E-state index is 12.6. The van der Waals surface area contributed by atoms with Crippen LogP contribution in [0.25, 0.3) is 22.6 Å². The number of carbonyl (C=O) groups excluding carboxylic acids is 1. The zero-order chi connectivity index (χ0) is 17.3. The molecule has 1 unspecified atom stereocenters. The fraction of sp³-hybridized carbons (Fsp3) is 0.316. The van der Waals surface area contributed by atoms with Gasteiger partial charge in [0.25, 0.3) is 0 Å². The van der Waals surface area contributed by atoms with Crippen LogP contribution in [-0.4, -0.2) is 34.1 Å². The van der Waals surface area contributed by atoms with Crippen molar-refractivity contribution in [2.45, 2.75) is 19.8 Å². The summed E-state index contributed by atoms with van der Waals surface area (Å²) in [4.78, 5) is 24.8. The van der Waals surface area contributed by atoms with Crippen molar-refractivity contribution in [1.29, 1.82) is 0 Å². The molecule has 0 bridgehead atoms. The fourth-order valence-corrected chi connectivity index (χ4v) is 3.11. The third-order valence-corrected chi connectivity index (χ3v) is 4.63. The standard InChI is InChI=1S/C19H20N4O2/c1-19(8-4-10-25-12-19)18(24)21-13-6-7-14-16(11-13)23-17(22-14)15-5-2-3-9-20-15/h2-3,5-7,9,11H,4,8,10,12H2,1H3,(H,21,24)(H,22,23). The molecule has 0 radical (unpaired) electrons. The zero-order valence-electron chi connectivity index (χ0n) is 14.1. The van der Waals surface area contributed by atoms with Gasteiger partial charge in [0.2, 0.25) is 5.91 Å². The van der Waals surface area contributed by atoms with Gasteiger partial charge in [-0.1, -0.05) is 6.07 Å². The van der Waals surface area contributed by atoms with Gasteiger partial charge in [-0.05, 0) is 50.1 Å². The van der Waals surface area contributed by atoms with Gasteiger partial charge in [-0.15, -0.1) is 0 Å². The topological polar surface area (TPSA) is 79.9 Å². The fourth-order valence-electron chi connectivity index (χ4n) is 3.11. The largest absolute Gasteiger partial charge is 0.380 e. The minimum atomic E-state index is -0.472. The van der Waals surface area contributed by atoms with Crippen LogP contribution in [0.15, 0.2) is 42.6 Å². The predicted molar refractivity (Wildman–Crippen MR) is 96.1 cm³/mol. The first-order chi connectivity index (χ1) is 12.1. The van der Waals surface area contributed by atoms with Gasteiger partial charge in [0.1, 0.15) is 5.69 Å². The molecule has 2 aromatic heterocycles. The number of aromatic amines is 1. The van der Waals surface area contributed by atoms with Crippen LogP contribution in [0.2, 0.25) is 0 Å². The molecule has 1 atom stereocenters. The Morgan fingerprint density at radius 3 is 3.00 bits per heavy atom. The quantitative estimate of drug-likeness (QED) is 0.768. The van der Waals surface area contributed by atoms with Crippen LogP contribution in [0, 0.1) is 5.41 Å². The average molecular weight is 336 g/mol. The number of carbonyl (C=O) groups is 1. The summed E-state index contributed by atoms with van der Waals surface area (Å²) >= 11 is 0.